The molecule has 0 radical (unpaired) electrons. The van der Waals surface area contributed by atoms with Crippen LogP contribution < -0.4 is 15.4 Å². The zero-order chi connectivity index (χ0) is 17.5. The first-order chi connectivity index (χ1) is 10.6. The summed E-state index contributed by atoms with van der Waals surface area (Å²) in [6, 6.07) is 3.14. The maximum Gasteiger partial charge on any atom is 0.422 e. The molecule has 0 saturated carbocycles. The Morgan fingerprint density at radius 1 is 1.29 bits per heavy atom. The highest BCUT2D eigenvalue weighted by atomic mass is 127. The molecular formula is C15H24F3IN4O. The number of aromatic nitrogens is 1. The Labute approximate surface area is 157 Å². The number of nitrogens with one attached hydrogen (secondary N) is 2. The molecule has 0 saturated heterocycles. The van der Waals surface area contributed by atoms with Crippen LogP contribution in [0.1, 0.15) is 33.3 Å². The van der Waals surface area contributed by atoms with Crippen molar-refractivity contribution < 1.29 is 17.9 Å². The molecule has 2 N–H and O–H groups in total. The van der Waals surface area contributed by atoms with Gasteiger partial charge in [-0.3, -0.25) is 0 Å². The number of rotatable bonds is 5. The van der Waals surface area contributed by atoms with Gasteiger partial charge in [0, 0.05) is 24.3 Å². The molecule has 0 fully saturated rings. The fourth-order valence-corrected chi connectivity index (χ4v) is 1.62. The fraction of sp³-hybridized carbons (Fsp3) is 0.600. The highest BCUT2D eigenvalue weighted by Crippen LogP contribution is 2.17. The lowest BCUT2D eigenvalue weighted by molar-refractivity contribution is -0.154. The van der Waals surface area contributed by atoms with E-state index in [9.17, 15) is 13.2 Å². The van der Waals surface area contributed by atoms with E-state index in [4.69, 9.17) is 0 Å². The zero-order valence-electron chi connectivity index (χ0n) is 14.2. The van der Waals surface area contributed by atoms with Crippen molar-refractivity contribution in [3.63, 3.8) is 0 Å². The molecular weight excluding hydrogens is 436 g/mol. The van der Waals surface area contributed by atoms with Crippen molar-refractivity contribution in [2.24, 2.45) is 4.99 Å². The first-order valence-electron chi connectivity index (χ1n) is 7.30. The van der Waals surface area contributed by atoms with Gasteiger partial charge < -0.3 is 15.4 Å². The van der Waals surface area contributed by atoms with Crippen LogP contribution in [0, 0.1) is 0 Å². The number of nitrogens with zero attached hydrogens (tertiary/aromatic N) is 2. The average molecular weight is 460 g/mol. The Morgan fingerprint density at radius 2 is 1.96 bits per heavy atom. The lowest BCUT2D eigenvalue weighted by Crippen LogP contribution is -2.47. The third kappa shape index (κ3) is 10.5. The van der Waals surface area contributed by atoms with E-state index in [1.54, 1.807) is 6.07 Å². The van der Waals surface area contributed by atoms with Crippen molar-refractivity contribution in [2.45, 2.75) is 46.0 Å². The summed E-state index contributed by atoms with van der Waals surface area (Å²) in [4.78, 5) is 8.17. The van der Waals surface area contributed by atoms with Crippen LogP contribution in [-0.2, 0) is 6.54 Å². The number of hydrogen-bond donors (Lipinski definition) is 2. The van der Waals surface area contributed by atoms with Crippen LogP contribution in [0.15, 0.2) is 23.3 Å². The SMILES string of the molecule is CCNC(=NCc1ccnc(OCC(F)(F)F)c1)NC(C)(C)C.I. The van der Waals surface area contributed by atoms with E-state index in [-0.39, 0.29) is 35.4 Å². The summed E-state index contributed by atoms with van der Waals surface area (Å²) in [6.45, 7) is 7.63. The smallest absolute Gasteiger partial charge is 0.422 e. The van der Waals surface area contributed by atoms with Gasteiger partial charge in [0.25, 0.3) is 0 Å². The predicted octanol–water partition coefficient (Wildman–Crippen LogP) is 3.49. The molecule has 9 heteroatoms. The Bertz CT molecular complexity index is 530. The van der Waals surface area contributed by atoms with E-state index < -0.39 is 12.8 Å². The van der Waals surface area contributed by atoms with Gasteiger partial charge in [0.15, 0.2) is 12.6 Å². The number of pyridine rings is 1. The van der Waals surface area contributed by atoms with Gasteiger partial charge in [-0.25, -0.2) is 9.98 Å². The van der Waals surface area contributed by atoms with Crippen molar-refractivity contribution in [3.05, 3.63) is 23.9 Å². The van der Waals surface area contributed by atoms with Crippen molar-refractivity contribution in [2.75, 3.05) is 13.2 Å². The predicted molar refractivity (Wildman–Crippen MR) is 98.9 cm³/mol. The van der Waals surface area contributed by atoms with Crippen LogP contribution in [0.2, 0.25) is 0 Å². The maximum absolute atomic E-state index is 12.1. The molecule has 138 valence electrons. The summed E-state index contributed by atoms with van der Waals surface area (Å²) in [6.07, 6.45) is -2.98. The van der Waals surface area contributed by atoms with Crippen LogP contribution in [0.5, 0.6) is 5.88 Å². The minimum absolute atomic E-state index is 0. The molecule has 1 aromatic rings. The Kier molecular flexibility index (Phi) is 9.38. The largest absolute Gasteiger partial charge is 0.468 e. The van der Waals surface area contributed by atoms with Crippen molar-refractivity contribution in [1.29, 1.82) is 0 Å². The van der Waals surface area contributed by atoms with Crippen molar-refractivity contribution in [1.82, 2.24) is 15.6 Å². The van der Waals surface area contributed by atoms with E-state index in [1.807, 2.05) is 27.7 Å². The van der Waals surface area contributed by atoms with E-state index in [2.05, 4.69) is 25.3 Å². The number of aliphatic imine (C=N–C) groups is 1. The first kappa shape index (κ1) is 22.7. The molecule has 0 aromatic carbocycles. The molecule has 0 aliphatic carbocycles. The molecule has 0 unspecified atom stereocenters. The molecule has 0 atom stereocenters. The molecule has 0 spiro atoms. The lowest BCUT2D eigenvalue weighted by Gasteiger charge is -2.23. The number of alkyl halides is 3. The maximum atomic E-state index is 12.1. The van der Waals surface area contributed by atoms with E-state index in [1.165, 1.54) is 12.3 Å². The highest BCUT2D eigenvalue weighted by molar-refractivity contribution is 14.0. The number of halogens is 4. The summed E-state index contributed by atoms with van der Waals surface area (Å²) < 4.78 is 41.1. The third-order valence-electron chi connectivity index (χ3n) is 2.44. The summed E-state index contributed by atoms with van der Waals surface area (Å²) >= 11 is 0. The van der Waals surface area contributed by atoms with Gasteiger partial charge in [-0.2, -0.15) is 13.2 Å². The lowest BCUT2D eigenvalue weighted by atomic mass is 10.1. The van der Waals surface area contributed by atoms with Gasteiger partial charge in [0.2, 0.25) is 5.88 Å². The highest BCUT2D eigenvalue weighted by Gasteiger charge is 2.28. The topological polar surface area (TPSA) is 58.5 Å². The van der Waals surface area contributed by atoms with Crippen molar-refractivity contribution >= 4 is 29.9 Å². The summed E-state index contributed by atoms with van der Waals surface area (Å²) in [7, 11) is 0. The standard InChI is InChI=1S/C15H23F3N4O.HI/c1-5-19-13(22-14(2,3)4)21-9-11-6-7-20-12(8-11)23-10-15(16,17)18;/h6-8H,5,9-10H2,1-4H3,(H2,19,21,22);1H. The summed E-state index contributed by atoms with van der Waals surface area (Å²) in [5.41, 5.74) is 0.559. The number of ether oxygens (including phenoxy) is 1. The Balaban J connectivity index is 0.00000529. The van der Waals surface area contributed by atoms with Gasteiger partial charge in [-0.05, 0) is 39.3 Å². The van der Waals surface area contributed by atoms with Gasteiger partial charge in [-0.1, -0.05) is 0 Å². The molecule has 5 nitrogen and oxygen atoms in total. The molecule has 1 rings (SSSR count). The molecule has 0 aliphatic heterocycles. The molecule has 0 amide bonds. The monoisotopic (exact) mass is 460 g/mol. The van der Waals surface area contributed by atoms with Crippen molar-refractivity contribution in [3.8, 4) is 5.88 Å². The summed E-state index contributed by atoms with van der Waals surface area (Å²) in [5, 5.41) is 6.34. The van der Waals surface area contributed by atoms with Crippen LogP contribution in [0.25, 0.3) is 0 Å². The second kappa shape index (κ2) is 9.90. The minimum atomic E-state index is -4.38. The molecule has 1 heterocycles. The fourth-order valence-electron chi connectivity index (χ4n) is 1.62. The molecule has 24 heavy (non-hydrogen) atoms. The molecule has 1 aromatic heterocycles. The van der Waals surface area contributed by atoms with Crippen LogP contribution in [0.4, 0.5) is 13.2 Å². The Morgan fingerprint density at radius 3 is 2.50 bits per heavy atom. The van der Waals surface area contributed by atoms with Crippen LogP contribution >= 0.6 is 24.0 Å². The first-order valence-corrected chi connectivity index (χ1v) is 7.30. The van der Waals surface area contributed by atoms with Gasteiger partial charge in [0.1, 0.15) is 0 Å². The van der Waals surface area contributed by atoms with Gasteiger partial charge >= 0.3 is 6.18 Å². The van der Waals surface area contributed by atoms with Crippen LogP contribution in [0.3, 0.4) is 0 Å². The average Bonchev–Trinajstić information content (AvgIpc) is 2.41. The Hall–Kier alpha value is -1.26. The van der Waals surface area contributed by atoms with E-state index in [0.29, 0.717) is 24.6 Å². The van der Waals surface area contributed by atoms with E-state index >= 15 is 0 Å². The normalized spacial score (nSPS) is 12.4. The minimum Gasteiger partial charge on any atom is -0.468 e. The quantitative estimate of drug-likeness (QED) is 0.402. The zero-order valence-corrected chi connectivity index (χ0v) is 16.5. The third-order valence-corrected chi connectivity index (χ3v) is 2.44. The molecule has 0 bridgehead atoms. The number of guanidine groups is 1. The van der Waals surface area contributed by atoms with Crippen LogP contribution in [-0.4, -0.2) is 35.8 Å². The number of hydrogen-bond acceptors (Lipinski definition) is 3. The second-order valence-corrected chi connectivity index (χ2v) is 5.98. The molecule has 0 aliphatic rings. The summed E-state index contributed by atoms with van der Waals surface area (Å²) in [5.74, 6) is 0.568. The second-order valence-electron chi connectivity index (χ2n) is 5.98. The van der Waals surface area contributed by atoms with E-state index in [0.717, 1.165) is 0 Å². The van der Waals surface area contributed by atoms with Gasteiger partial charge in [-0.15, -0.1) is 24.0 Å². The van der Waals surface area contributed by atoms with Gasteiger partial charge in [0.05, 0.1) is 6.54 Å².